The van der Waals surface area contributed by atoms with Crippen molar-refractivity contribution in [3.8, 4) is 6.07 Å². The summed E-state index contributed by atoms with van der Waals surface area (Å²) in [5, 5.41) is 8.97. The summed E-state index contributed by atoms with van der Waals surface area (Å²) in [6.07, 6.45) is 4.12. The number of likely N-dealkylation sites (N-methyl/N-ethyl adjacent to an activating group) is 1. The van der Waals surface area contributed by atoms with Crippen molar-refractivity contribution in [2.24, 2.45) is 0 Å². The summed E-state index contributed by atoms with van der Waals surface area (Å²) in [6.45, 7) is 3.66. The molecule has 0 radical (unpaired) electrons. The maximum atomic E-state index is 13.0. The quantitative estimate of drug-likeness (QED) is 0.682. The van der Waals surface area contributed by atoms with Crippen LogP contribution in [0.4, 0.5) is 11.4 Å². The van der Waals surface area contributed by atoms with Crippen molar-refractivity contribution in [3.63, 3.8) is 0 Å². The van der Waals surface area contributed by atoms with Crippen molar-refractivity contribution in [1.82, 2.24) is 4.90 Å². The molecule has 5 heteroatoms. The molecular formula is C24H30N4O. The van der Waals surface area contributed by atoms with Gasteiger partial charge >= 0.3 is 0 Å². The Morgan fingerprint density at radius 3 is 2.45 bits per heavy atom. The standard InChI is InChI=1S/C24H30N4O/c1-26(19-21-11-6-7-14-23(21)27-16-8-3-9-17-27)20-24(29)28(18-10-15-25)22-12-4-2-5-13-22/h2,4-7,11-14H,3,8-10,16-20H2,1H3. The van der Waals surface area contributed by atoms with E-state index < -0.39 is 0 Å². The molecular weight excluding hydrogens is 360 g/mol. The highest BCUT2D eigenvalue weighted by atomic mass is 16.2. The topological polar surface area (TPSA) is 50.6 Å². The van der Waals surface area contributed by atoms with Gasteiger partial charge in [-0.25, -0.2) is 0 Å². The minimum Gasteiger partial charge on any atom is -0.371 e. The smallest absolute Gasteiger partial charge is 0.241 e. The highest BCUT2D eigenvalue weighted by Crippen LogP contribution is 2.25. The Hall–Kier alpha value is -2.84. The van der Waals surface area contributed by atoms with Crippen molar-refractivity contribution < 1.29 is 4.79 Å². The van der Waals surface area contributed by atoms with Crippen LogP contribution in [0.2, 0.25) is 0 Å². The van der Waals surface area contributed by atoms with Crippen LogP contribution in [0.1, 0.15) is 31.2 Å². The van der Waals surface area contributed by atoms with Gasteiger partial charge in [-0.05, 0) is 50.1 Å². The summed E-state index contributed by atoms with van der Waals surface area (Å²) in [5.41, 5.74) is 3.39. The van der Waals surface area contributed by atoms with Gasteiger partial charge in [0.1, 0.15) is 0 Å². The maximum Gasteiger partial charge on any atom is 0.241 e. The Bertz CT molecular complexity index is 824. The van der Waals surface area contributed by atoms with Crippen LogP contribution in [0.15, 0.2) is 54.6 Å². The Morgan fingerprint density at radius 2 is 1.72 bits per heavy atom. The predicted octanol–water partition coefficient (Wildman–Crippen LogP) is 4.06. The van der Waals surface area contributed by atoms with E-state index >= 15 is 0 Å². The van der Waals surface area contributed by atoms with Gasteiger partial charge in [-0.2, -0.15) is 5.26 Å². The van der Waals surface area contributed by atoms with Crippen LogP contribution in [-0.2, 0) is 11.3 Å². The third kappa shape index (κ3) is 5.82. The van der Waals surface area contributed by atoms with Crippen LogP contribution in [0, 0.1) is 11.3 Å². The Balaban J connectivity index is 1.67. The zero-order valence-electron chi connectivity index (χ0n) is 17.3. The van der Waals surface area contributed by atoms with Crippen molar-refractivity contribution in [3.05, 3.63) is 60.2 Å². The number of anilines is 2. The van der Waals surface area contributed by atoms with Crippen molar-refractivity contribution in [2.45, 2.75) is 32.2 Å². The number of nitrogens with zero attached hydrogens (tertiary/aromatic N) is 4. The predicted molar refractivity (Wildman–Crippen MR) is 118 cm³/mol. The maximum absolute atomic E-state index is 13.0. The molecule has 0 unspecified atom stereocenters. The van der Waals surface area contributed by atoms with E-state index in [0.29, 0.717) is 19.5 Å². The molecule has 2 aromatic rings. The molecule has 0 aromatic heterocycles. The zero-order valence-corrected chi connectivity index (χ0v) is 17.3. The third-order valence-electron chi connectivity index (χ3n) is 5.35. The normalized spacial score (nSPS) is 13.9. The molecule has 0 saturated carbocycles. The van der Waals surface area contributed by atoms with Gasteiger partial charge in [-0.15, -0.1) is 0 Å². The molecule has 1 amide bonds. The van der Waals surface area contributed by atoms with Gasteiger partial charge in [0.05, 0.1) is 19.0 Å². The first kappa shape index (κ1) is 20.9. The molecule has 1 heterocycles. The van der Waals surface area contributed by atoms with Crippen LogP contribution in [0.3, 0.4) is 0 Å². The molecule has 0 spiro atoms. The average Bonchev–Trinajstić information content (AvgIpc) is 2.75. The Kier molecular flexibility index (Phi) is 7.66. The first-order valence-corrected chi connectivity index (χ1v) is 10.4. The highest BCUT2D eigenvalue weighted by molar-refractivity contribution is 5.94. The van der Waals surface area contributed by atoms with Gasteiger partial charge in [0, 0.05) is 37.6 Å². The largest absolute Gasteiger partial charge is 0.371 e. The molecule has 0 N–H and O–H groups in total. The van der Waals surface area contributed by atoms with Gasteiger partial charge in [0.15, 0.2) is 0 Å². The second-order valence-corrected chi connectivity index (χ2v) is 7.64. The molecule has 29 heavy (non-hydrogen) atoms. The van der Waals surface area contributed by atoms with E-state index in [2.05, 4.69) is 40.1 Å². The number of carbonyl (C=O) groups excluding carboxylic acids is 1. The van der Waals surface area contributed by atoms with Crippen molar-refractivity contribution in [2.75, 3.05) is 43.0 Å². The fourth-order valence-electron chi connectivity index (χ4n) is 3.92. The summed E-state index contributed by atoms with van der Waals surface area (Å²) in [4.78, 5) is 19.3. The van der Waals surface area contributed by atoms with Crippen LogP contribution in [-0.4, -0.2) is 44.0 Å². The Labute approximate surface area is 174 Å². The van der Waals surface area contributed by atoms with Crippen LogP contribution < -0.4 is 9.80 Å². The number of rotatable bonds is 8. The van der Waals surface area contributed by atoms with Crippen LogP contribution in [0.5, 0.6) is 0 Å². The SMILES string of the molecule is CN(CC(=O)N(CCC#N)c1ccccc1)Cc1ccccc1N1CCCCC1. The summed E-state index contributed by atoms with van der Waals surface area (Å²) >= 11 is 0. The first-order chi connectivity index (χ1) is 14.2. The van der Waals surface area contributed by atoms with E-state index in [9.17, 15) is 4.79 Å². The van der Waals surface area contributed by atoms with Gasteiger partial charge in [0.25, 0.3) is 0 Å². The number of hydrogen-bond acceptors (Lipinski definition) is 4. The molecule has 5 nitrogen and oxygen atoms in total. The number of carbonyl (C=O) groups is 1. The lowest BCUT2D eigenvalue weighted by atomic mass is 10.1. The lowest BCUT2D eigenvalue weighted by molar-refractivity contribution is -0.119. The number of hydrogen-bond donors (Lipinski definition) is 0. The van der Waals surface area contributed by atoms with Gasteiger partial charge in [0.2, 0.25) is 5.91 Å². The van der Waals surface area contributed by atoms with Crippen molar-refractivity contribution in [1.29, 1.82) is 5.26 Å². The minimum atomic E-state index is 0.0180. The summed E-state index contributed by atoms with van der Waals surface area (Å²) in [6, 6.07) is 20.3. The molecule has 152 valence electrons. The van der Waals surface area contributed by atoms with Crippen LogP contribution >= 0.6 is 0 Å². The molecule has 0 bridgehead atoms. The second kappa shape index (κ2) is 10.6. The van der Waals surface area contributed by atoms with E-state index in [4.69, 9.17) is 5.26 Å². The second-order valence-electron chi connectivity index (χ2n) is 7.64. The molecule has 1 saturated heterocycles. The monoisotopic (exact) mass is 390 g/mol. The molecule has 0 atom stereocenters. The highest BCUT2D eigenvalue weighted by Gasteiger charge is 2.19. The molecule has 1 aliphatic heterocycles. The summed E-state index contributed by atoms with van der Waals surface area (Å²) in [5.74, 6) is 0.0180. The molecule has 2 aromatic carbocycles. The van der Waals surface area contributed by atoms with Crippen molar-refractivity contribution >= 4 is 17.3 Å². The number of nitriles is 1. The molecule has 3 rings (SSSR count). The average molecular weight is 391 g/mol. The number of benzene rings is 2. The lowest BCUT2D eigenvalue weighted by Crippen LogP contribution is -2.39. The van der Waals surface area contributed by atoms with E-state index in [1.54, 1.807) is 4.90 Å². The van der Waals surface area contributed by atoms with E-state index in [-0.39, 0.29) is 5.91 Å². The minimum absolute atomic E-state index is 0.0180. The number of amides is 1. The molecule has 1 fully saturated rings. The fraction of sp³-hybridized carbons (Fsp3) is 0.417. The van der Waals surface area contributed by atoms with Gasteiger partial charge in [-0.1, -0.05) is 36.4 Å². The van der Waals surface area contributed by atoms with E-state index in [1.807, 2.05) is 37.4 Å². The number of piperidine rings is 1. The zero-order chi connectivity index (χ0) is 20.5. The number of para-hydroxylation sites is 2. The van der Waals surface area contributed by atoms with E-state index in [0.717, 1.165) is 25.3 Å². The summed E-state index contributed by atoms with van der Waals surface area (Å²) in [7, 11) is 1.98. The summed E-state index contributed by atoms with van der Waals surface area (Å²) < 4.78 is 0. The van der Waals surface area contributed by atoms with E-state index in [1.165, 1.54) is 30.5 Å². The third-order valence-corrected chi connectivity index (χ3v) is 5.35. The lowest BCUT2D eigenvalue weighted by Gasteiger charge is -2.31. The fourth-order valence-corrected chi connectivity index (χ4v) is 3.92. The van der Waals surface area contributed by atoms with Gasteiger partial charge < -0.3 is 9.80 Å². The molecule has 1 aliphatic rings. The van der Waals surface area contributed by atoms with Gasteiger partial charge in [-0.3, -0.25) is 9.69 Å². The Morgan fingerprint density at radius 1 is 1.03 bits per heavy atom. The molecule has 0 aliphatic carbocycles. The first-order valence-electron chi connectivity index (χ1n) is 10.4. The van der Waals surface area contributed by atoms with Crippen LogP contribution in [0.25, 0.3) is 0 Å².